The molecule has 0 fully saturated rings. The first kappa shape index (κ1) is 12.6. The SMILES string of the molecule is CCN(C)S(=O)(=O)c1c(C)csc1CN. The van der Waals surface area contributed by atoms with E-state index in [4.69, 9.17) is 5.73 Å². The Morgan fingerprint density at radius 3 is 2.60 bits per heavy atom. The predicted molar refractivity (Wildman–Crippen MR) is 62.4 cm³/mol. The molecule has 0 aromatic carbocycles. The highest BCUT2D eigenvalue weighted by atomic mass is 32.2. The minimum absolute atomic E-state index is 0.268. The first-order valence-electron chi connectivity index (χ1n) is 4.68. The fourth-order valence-electron chi connectivity index (χ4n) is 1.30. The van der Waals surface area contributed by atoms with Gasteiger partial charge in [0.15, 0.2) is 0 Å². The molecular formula is C9H16N2O2S2. The third-order valence-corrected chi connectivity index (χ3v) is 5.71. The Labute approximate surface area is 94.8 Å². The van der Waals surface area contributed by atoms with Crippen molar-refractivity contribution in [1.29, 1.82) is 0 Å². The number of hydrogen-bond donors (Lipinski definition) is 1. The van der Waals surface area contributed by atoms with Crippen LogP contribution in [0.25, 0.3) is 0 Å². The van der Waals surface area contributed by atoms with Crippen LogP contribution in [-0.4, -0.2) is 26.3 Å². The molecular weight excluding hydrogens is 232 g/mol. The average molecular weight is 248 g/mol. The van der Waals surface area contributed by atoms with Gasteiger partial charge in [-0.15, -0.1) is 11.3 Å². The Bertz CT molecular complexity index is 437. The van der Waals surface area contributed by atoms with Crippen LogP contribution < -0.4 is 5.73 Å². The summed E-state index contributed by atoms with van der Waals surface area (Å²) in [6, 6.07) is 0. The van der Waals surface area contributed by atoms with Gasteiger partial charge in [0.2, 0.25) is 10.0 Å². The van der Waals surface area contributed by atoms with Gasteiger partial charge in [-0.05, 0) is 17.9 Å². The number of aryl methyl sites for hydroxylation is 1. The summed E-state index contributed by atoms with van der Waals surface area (Å²) in [6.45, 7) is 4.33. The lowest BCUT2D eigenvalue weighted by Gasteiger charge is -2.15. The third-order valence-electron chi connectivity index (χ3n) is 2.29. The average Bonchev–Trinajstić information content (AvgIpc) is 2.58. The number of thiophene rings is 1. The quantitative estimate of drug-likeness (QED) is 0.869. The summed E-state index contributed by atoms with van der Waals surface area (Å²) in [5.41, 5.74) is 6.31. The van der Waals surface area contributed by atoms with Gasteiger partial charge in [-0.3, -0.25) is 0 Å². The fourth-order valence-corrected chi connectivity index (χ4v) is 4.12. The molecule has 2 N–H and O–H groups in total. The Morgan fingerprint density at radius 2 is 2.13 bits per heavy atom. The van der Waals surface area contributed by atoms with Gasteiger partial charge in [-0.25, -0.2) is 12.7 Å². The molecule has 0 bridgehead atoms. The van der Waals surface area contributed by atoms with E-state index in [0.29, 0.717) is 11.4 Å². The normalized spacial score (nSPS) is 12.3. The van der Waals surface area contributed by atoms with Gasteiger partial charge in [-0.2, -0.15) is 0 Å². The van der Waals surface area contributed by atoms with Gasteiger partial charge in [0.05, 0.1) is 0 Å². The van der Waals surface area contributed by atoms with E-state index >= 15 is 0 Å². The predicted octanol–water partition coefficient (Wildman–Crippen LogP) is 1.16. The van der Waals surface area contributed by atoms with Gasteiger partial charge in [0.25, 0.3) is 0 Å². The van der Waals surface area contributed by atoms with Crippen LogP contribution in [0.15, 0.2) is 10.3 Å². The van der Waals surface area contributed by atoms with E-state index in [9.17, 15) is 8.42 Å². The Balaban J connectivity index is 3.32. The second-order valence-electron chi connectivity index (χ2n) is 3.29. The molecule has 0 atom stereocenters. The zero-order valence-corrected chi connectivity index (χ0v) is 10.8. The summed E-state index contributed by atoms with van der Waals surface area (Å²) in [5.74, 6) is 0. The smallest absolute Gasteiger partial charge is 0.244 e. The zero-order valence-electron chi connectivity index (χ0n) is 9.15. The summed E-state index contributed by atoms with van der Waals surface area (Å²) in [7, 11) is -1.78. The topological polar surface area (TPSA) is 63.4 Å². The minimum atomic E-state index is -3.36. The van der Waals surface area contributed by atoms with E-state index < -0.39 is 10.0 Å². The number of nitrogens with zero attached hydrogens (tertiary/aromatic N) is 1. The van der Waals surface area contributed by atoms with Crippen molar-refractivity contribution in [1.82, 2.24) is 4.31 Å². The van der Waals surface area contributed by atoms with Crippen molar-refractivity contribution in [3.05, 3.63) is 15.8 Å². The molecule has 0 unspecified atom stereocenters. The van der Waals surface area contributed by atoms with E-state index in [0.717, 1.165) is 10.4 Å². The lowest BCUT2D eigenvalue weighted by atomic mass is 10.3. The van der Waals surface area contributed by atoms with E-state index in [2.05, 4.69) is 0 Å². The molecule has 4 nitrogen and oxygen atoms in total. The Hall–Kier alpha value is -0.430. The number of nitrogens with two attached hydrogens (primary N) is 1. The van der Waals surface area contributed by atoms with E-state index in [-0.39, 0.29) is 6.54 Å². The fraction of sp³-hybridized carbons (Fsp3) is 0.556. The van der Waals surface area contributed by atoms with Crippen molar-refractivity contribution >= 4 is 21.4 Å². The van der Waals surface area contributed by atoms with Crippen LogP contribution in [0.5, 0.6) is 0 Å². The summed E-state index contributed by atoms with van der Waals surface area (Å²) >= 11 is 1.40. The highest BCUT2D eigenvalue weighted by Crippen LogP contribution is 2.28. The van der Waals surface area contributed by atoms with Crippen molar-refractivity contribution in [3.63, 3.8) is 0 Å². The molecule has 1 rings (SSSR count). The molecule has 15 heavy (non-hydrogen) atoms. The molecule has 0 spiro atoms. The van der Waals surface area contributed by atoms with Crippen molar-refractivity contribution in [2.45, 2.75) is 25.3 Å². The highest BCUT2D eigenvalue weighted by Gasteiger charge is 2.25. The van der Waals surface area contributed by atoms with Crippen LogP contribution in [0.4, 0.5) is 0 Å². The summed E-state index contributed by atoms with van der Waals surface area (Å²) in [5, 5.41) is 1.83. The van der Waals surface area contributed by atoms with Gasteiger partial charge in [-0.1, -0.05) is 6.92 Å². The molecule has 0 aliphatic rings. The van der Waals surface area contributed by atoms with Crippen molar-refractivity contribution < 1.29 is 8.42 Å². The van der Waals surface area contributed by atoms with Gasteiger partial charge in [0, 0.05) is 25.0 Å². The standard InChI is InChI=1S/C9H16N2O2S2/c1-4-11(3)15(12,13)9-7(2)6-14-8(9)5-10/h6H,4-5,10H2,1-3H3. The lowest BCUT2D eigenvalue weighted by Crippen LogP contribution is -2.27. The summed E-state index contributed by atoms with van der Waals surface area (Å²) in [4.78, 5) is 1.12. The number of sulfonamides is 1. The van der Waals surface area contributed by atoms with E-state index in [1.807, 2.05) is 5.38 Å². The molecule has 1 aromatic rings. The monoisotopic (exact) mass is 248 g/mol. The van der Waals surface area contributed by atoms with Crippen LogP contribution in [-0.2, 0) is 16.6 Å². The molecule has 0 aliphatic heterocycles. The first-order valence-corrected chi connectivity index (χ1v) is 7.00. The van der Waals surface area contributed by atoms with Crippen LogP contribution in [0.3, 0.4) is 0 Å². The maximum Gasteiger partial charge on any atom is 0.244 e. The lowest BCUT2D eigenvalue weighted by molar-refractivity contribution is 0.485. The molecule has 86 valence electrons. The van der Waals surface area contributed by atoms with Crippen molar-refractivity contribution in [2.75, 3.05) is 13.6 Å². The number of rotatable bonds is 4. The summed E-state index contributed by atoms with van der Waals surface area (Å²) < 4.78 is 25.5. The molecule has 1 heterocycles. The van der Waals surface area contributed by atoms with Gasteiger partial charge >= 0.3 is 0 Å². The third kappa shape index (κ3) is 2.23. The molecule has 0 saturated heterocycles. The summed E-state index contributed by atoms with van der Waals surface area (Å²) in [6.07, 6.45) is 0. The maximum atomic E-state index is 12.1. The minimum Gasteiger partial charge on any atom is -0.326 e. The molecule has 0 aliphatic carbocycles. The van der Waals surface area contributed by atoms with Crippen LogP contribution in [0, 0.1) is 6.92 Å². The van der Waals surface area contributed by atoms with Crippen LogP contribution in [0.2, 0.25) is 0 Å². The van der Waals surface area contributed by atoms with Crippen LogP contribution >= 0.6 is 11.3 Å². The first-order chi connectivity index (χ1) is 6.95. The van der Waals surface area contributed by atoms with Crippen molar-refractivity contribution in [2.24, 2.45) is 5.73 Å². The zero-order chi connectivity index (χ0) is 11.6. The molecule has 0 saturated carbocycles. The molecule has 1 aromatic heterocycles. The largest absolute Gasteiger partial charge is 0.326 e. The van der Waals surface area contributed by atoms with E-state index in [1.54, 1.807) is 20.9 Å². The van der Waals surface area contributed by atoms with Crippen molar-refractivity contribution in [3.8, 4) is 0 Å². The maximum absolute atomic E-state index is 12.1. The molecule has 6 heteroatoms. The second kappa shape index (κ2) is 4.61. The molecule has 0 radical (unpaired) electrons. The number of hydrogen-bond acceptors (Lipinski definition) is 4. The molecule has 0 amide bonds. The van der Waals surface area contributed by atoms with E-state index in [1.165, 1.54) is 15.6 Å². The Kier molecular flexibility index (Phi) is 3.88. The Morgan fingerprint density at radius 1 is 1.53 bits per heavy atom. The van der Waals surface area contributed by atoms with Crippen LogP contribution in [0.1, 0.15) is 17.4 Å². The van der Waals surface area contributed by atoms with Gasteiger partial charge < -0.3 is 5.73 Å². The van der Waals surface area contributed by atoms with Gasteiger partial charge in [0.1, 0.15) is 4.90 Å². The highest BCUT2D eigenvalue weighted by molar-refractivity contribution is 7.89. The second-order valence-corrected chi connectivity index (χ2v) is 6.24.